The molecular formula is C12H15N. The predicted octanol–water partition coefficient (Wildman–Crippen LogP) is 3.16. The van der Waals surface area contributed by atoms with Crippen LogP contribution in [0.2, 0.25) is 0 Å². The zero-order valence-electron chi connectivity index (χ0n) is 8.46. The molecule has 68 valence electrons. The maximum Gasteiger partial charge on any atom is 0.0386 e. The highest BCUT2D eigenvalue weighted by Crippen LogP contribution is 2.12. The summed E-state index contributed by atoms with van der Waals surface area (Å²) in [6.07, 6.45) is 0. The van der Waals surface area contributed by atoms with Crippen LogP contribution in [0.25, 0.3) is 5.57 Å². The minimum Gasteiger partial charge on any atom is -0.293 e. The van der Waals surface area contributed by atoms with Crippen LogP contribution in [0.3, 0.4) is 0 Å². The number of rotatable bonds is 2. The second-order valence-corrected chi connectivity index (χ2v) is 3.17. The quantitative estimate of drug-likeness (QED) is 0.609. The summed E-state index contributed by atoms with van der Waals surface area (Å²) in [4.78, 5) is 4.13. The molecule has 0 radical (unpaired) electrons. The molecular weight excluding hydrogens is 158 g/mol. The van der Waals surface area contributed by atoms with Crippen LogP contribution in [-0.2, 0) is 0 Å². The van der Waals surface area contributed by atoms with E-state index in [-0.39, 0.29) is 0 Å². The molecule has 0 amide bonds. The lowest BCUT2D eigenvalue weighted by molar-refractivity contribution is 1.41. The zero-order valence-corrected chi connectivity index (χ0v) is 8.46. The van der Waals surface area contributed by atoms with Crippen molar-refractivity contribution in [3.05, 3.63) is 42.0 Å². The molecule has 13 heavy (non-hydrogen) atoms. The number of nitrogens with zero attached hydrogens (tertiary/aromatic N) is 1. The van der Waals surface area contributed by atoms with Gasteiger partial charge in [0.25, 0.3) is 0 Å². The van der Waals surface area contributed by atoms with Crippen LogP contribution in [0.1, 0.15) is 25.0 Å². The van der Waals surface area contributed by atoms with Gasteiger partial charge in [-0.3, -0.25) is 4.99 Å². The van der Waals surface area contributed by atoms with Gasteiger partial charge in [-0.1, -0.05) is 36.4 Å². The van der Waals surface area contributed by atoms with Crippen molar-refractivity contribution in [2.24, 2.45) is 4.99 Å². The molecule has 1 heteroatoms. The Labute approximate surface area is 79.8 Å². The molecule has 0 saturated heterocycles. The molecule has 0 aliphatic rings. The van der Waals surface area contributed by atoms with Gasteiger partial charge in [0.2, 0.25) is 0 Å². The molecule has 0 unspecified atom stereocenters. The van der Waals surface area contributed by atoms with E-state index < -0.39 is 0 Å². The van der Waals surface area contributed by atoms with Crippen molar-refractivity contribution in [3.8, 4) is 0 Å². The van der Waals surface area contributed by atoms with Crippen molar-refractivity contribution >= 4 is 11.3 Å². The maximum atomic E-state index is 4.13. The summed E-state index contributed by atoms with van der Waals surface area (Å²) in [5.41, 5.74) is 4.52. The highest BCUT2D eigenvalue weighted by atomic mass is 14.7. The summed E-state index contributed by atoms with van der Waals surface area (Å²) < 4.78 is 0. The number of aliphatic imine (C=N–C) groups is 1. The van der Waals surface area contributed by atoms with E-state index in [1.54, 1.807) is 0 Å². The molecule has 0 heterocycles. The Hall–Kier alpha value is -1.37. The molecule has 0 atom stereocenters. The van der Waals surface area contributed by atoms with Crippen LogP contribution in [-0.4, -0.2) is 12.8 Å². The maximum absolute atomic E-state index is 4.13. The molecule has 0 saturated carbocycles. The van der Waals surface area contributed by atoms with Gasteiger partial charge in [-0.05, 0) is 25.0 Å². The number of hydrogen-bond acceptors (Lipinski definition) is 1. The second-order valence-electron chi connectivity index (χ2n) is 3.17. The number of hydrogen-bond donors (Lipinski definition) is 0. The van der Waals surface area contributed by atoms with Gasteiger partial charge >= 0.3 is 0 Å². The summed E-state index contributed by atoms with van der Waals surface area (Å²) in [7, 11) is 1.81. The van der Waals surface area contributed by atoms with Crippen molar-refractivity contribution < 1.29 is 0 Å². The fourth-order valence-corrected chi connectivity index (χ4v) is 1.13. The fourth-order valence-electron chi connectivity index (χ4n) is 1.13. The van der Waals surface area contributed by atoms with E-state index in [4.69, 9.17) is 0 Å². The van der Waals surface area contributed by atoms with Gasteiger partial charge in [-0.2, -0.15) is 0 Å². The van der Waals surface area contributed by atoms with Crippen LogP contribution >= 0.6 is 0 Å². The lowest BCUT2D eigenvalue weighted by Crippen LogP contribution is -1.93. The van der Waals surface area contributed by atoms with Crippen LogP contribution in [0.15, 0.2) is 35.8 Å². The Kier molecular flexibility index (Phi) is 3.02. The van der Waals surface area contributed by atoms with E-state index in [0.717, 1.165) is 11.3 Å². The summed E-state index contributed by atoms with van der Waals surface area (Å²) in [5.74, 6) is 0. The molecule has 0 spiro atoms. The molecule has 0 fully saturated rings. The molecule has 1 aromatic carbocycles. The monoisotopic (exact) mass is 173 g/mol. The van der Waals surface area contributed by atoms with Crippen molar-refractivity contribution in [3.63, 3.8) is 0 Å². The van der Waals surface area contributed by atoms with Gasteiger partial charge in [0.1, 0.15) is 0 Å². The van der Waals surface area contributed by atoms with Crippen LogP contribution in [0, 0.1) is 0 Å². The molecule has 0 aliphatic heterocycles. The van der Waals surface area contributed by atoms with Gasteiger partial charge in [-0.25, -0.2) is 0 Å². The Morgan fingerprint density at radius 2 is 1.54 bits per heavy atom. The Bertz CT molecular complexity index is 331. The van der Waals surface area contributed by atoms with Crippen molar-refractivity contribution in [1.29, 1.82) is 0 Å². The Balaban J connectivity index is 3.00. The van der Waals surface area contributed by atoms with E-state index in [9.17, 15) is 0 Å². The van der Waals surface area contributed by atoms with E-state index in [2.05, 4.69) is 35.8 Å². The molecule has 0 bridgehead atoms. The number of benzene rings is 1. The average molecular weight is 173 g/mol. The second kappa shape index (κ2) is 4.04. The SMILES string of the molecule is C=C(C)c1ccc(C(C)=NC)cc1. The zero-order chi connectivity index (χ0) is 9.84. The molecule has 0 aliphatic carbocycles. The first-order valence-electron chi connectivity index (χ1n) is 4.35. The minimum atomic E-state index is 1.06. The van der Waals surface area contributed by atoms with Crippen molar-refractivity contribution in [2.75, 3.05) is 7.05 Å². The summed E-state index contributed by atoms with van der Waals surface area (Å²) in [6.45, 7) is 7.91. The Morgan fingerprint density at radius 1 is 1.08 bits per heavy atom. The van der Waals surface area contributed by atoms with E-state index >= 15 is 0 Å². The van der Waals surface area contributed by atoms with Gasteiger partial charge in [-0.15, -0.1) is 0 Å². The lowest BCUT2D eigenvalue weighted by Gasteiger charge is -2.02. The smallest absolute Gasteiger partial charge is 0.0386 e. The third-order valence-corrected chi connectivity index (χ3v) is 2.13. The van der Waals surface area contributed by atoms with E-state index in [1.165, 1.54) is 11.1 Å². The molecule has 0 N–H and O–H groups in total. The van der Waals surface area contributed by atoms with E-state index in [0.29, 0.717) is 0 Å². The standard InChI is InChI=1S/C12H15N/c1-9(2)11-5-7-12(8-6-11)10(3)13-4/h5-8H,1H2,2-4H3. The first-order chi connectivity index (χ1) is 6.15. The highest BCUT2D eigenvalue weighted by Gasteiger charge is 1.96. The first kappa shape index (κ1) is 9.72. The highest BCUT2D eigenvalue weighted by molar-refractivity contribution is 5.98. The number of allylic oxidation sites excluding steroid dienone is 1. The van der Waals surface area contributed by atoms with E-state index in [1.807, 2.05) is 20.9 Å². The average Bonchev–Trinajstić information content (AvgIpc) is 2.17. The largest absolute Gasteiger partial charge is 0.293 e. The molecule has 0 aromatic heterocycles. The van der Waals surface area contributed by atoms with Gasteiger partial charge < -0.3 is 0 Å². The lowest BCUT2D eigenvalue weighted by atomic mass is 10.0. The topological polar surface area (TPSA) is 12.4 Å². The van der Waals surface area contributed by atoms with Crippen LogP contribution in [0.5, 0.6) is 0 Å². The summed E-state index contributed by atoms with van der Waals surface area (Å²) in [5, 5.41) is 0. The minimum absolute atomic E-state index is 1.06. The third-order valence-electron chi connectivity index (χ3n) is 2.13. The normalized spacial score (nSPS) is 11.5. The predicted molar refractivity (Wildman–Crippen MR) is 59.3 cm³/mol. The third kappa shape index (κ3) is 2.28. The van der Waals surface area contributed by atoms with Gasteiger partial charge in [0.15, 0.2) is 0 Å². The Morgan fingerprint density at radius 3 is 1.92 bits per heavy atom. The van der Waals surface area contributed by atoms with Gasteiger partial charge in [0, 0.05) is 12.8 Å². The van der Waals surface area contributed by atoms with Gasteiger partial charge in [0.05, 0.1) is 0 Å². The molecule has 1 aromatic rings. The van der Waals surface area contributed by atoms with Crippen LogP contribution < -0.4 is 0 Å². The fraction of sp³-hybridized carbons (Fsp3) is 0.250. The first-order valence-corrected chi connectivity index (χ1v) is 4.35. The van der Waals surface area contributed by atoms with Crippen molar-refractivity contribution in [1.82, 2.24) is 0 Å². The summed E-state index contributed by atoms with van der Waals surface area (Å²) in [6, 6.07) is 8.30. The van der Waals surface area contributed by atoms with Crippen LogP contribution in [0.4, 0.5) is 0 Å². The van der Waals surface area contributed by atoms with Crippen molar-refractivity contribution in [2.45, 2.75) is 13.8 Å². The summed E-state index contributed by atoms with van der Waals surface area (Å²) >= 11 is 0. The molecule has 1 nitrogen and oxygen atoms in total. The molecule has 1 rings (SSSR count).